The van der Waals surface area contributed by atoms with Gasteiger partial charge in [-0.05, 0) is 62.3 Å². The van der Waals surface area contributed by atoms with Gasteiger partial charge < -0.3 is 25.6 Å². The van der Waals surface area contributed by atoms with Gasteiger partial charge >= 0.3 is 11.9 Å². The van der Waals surface area contributed by atoms with Crippen molar-refractivity contribution in [3.8, 4) is 5.75 Å². The molecule has 2 aromatic carbocycles. The third-order valence-corrected chi connectivity index (χ3v) is 4.78. The molecular formula is C23H27N3O7. The molecule has 0 aromatic heterocycles. The first-order valence-electron chi connectivity index (χ1n) is 10.3. The Hall–Kier alpha value is -3.92. The molecule has 2 aromatic rings. The lowest BCUT2D eigenvalue weighted by molar-refractivity contribution is -0.159. The molecule has 1 saturated heterocycles. The molecule has 4 N–H and O–H groups in total. The maximum atomic E-state index is 12.4. The smallest absolute Gasteiger partial charge is 0.414 e. The fraction of sp³-hybridized carbons (Fsp3) is 0.304. The summed E-state index contributed by atoms with van der Waals surface area (Å²) in [6, 6.07) is 14.1. The summed E-state index contributed by atoms with van der Waals surface area (Å²) < 4.78 is 5.24. The van der Waals surface area contributed by atoms with Crippen LogP contribution in [0.4, 0.5) is 11.4 Å². The summed E-state index contributed by atoms with van der Waals surface area (Å²) in [4.78, 5) is 45.0. The highest BCUT2D eigenvalue weighted by Crippen LogP contribution is 2.23. The van der Waals surface area contributed by atoms with Crippen molar-refractivity contribution in [3.63, 3.8) is 0 Å². The number of piperidine rings is 1. The summed E-state index contributed by atoms with van der Waals surface area (Å²) in [6.45, 7) is 2.38. The van der Waals surface area contributed by atoms with Gasteiger partial charge in [0.25, 0.3) is 5.91 Å². The minimum atomic E-state index is -1.82. The number of nitrogens with one attached hydrogen (secondary N) is 2. The number of carbonyl (C=O) groups is 4. The van der Waals surface area contributed by atoms with E-state index in [0.29, 0.717) is 29.2 Å². The fourth-order valence-corrected chi connectivity index (χ4v) is 3.17. The Balaban J connectivity index is 0.000000569. The number of ether oxygens (including phenoxy) is 1. The summed E-state index contributed by atoms with van der Waals surface area (Å²) in [5, 5.41) is 20.5. The Morgan fingerprint density at radius 1 is 0.879 bits per heavy atom. The Bertz CT molecular complexity index is 958. The highest BCUT2D eigenvalue weighted by molar-refractivity contribution is 6.27. The van der Waals surface area contributed by atoms with E-state index >= 15 is 0 Å². The monoisotopic (exact) mass is 457 g/mol. The van der Waals surface area contributed by atoms with Gasteiger partial charge in [-0.15, -0.1) is 0 Å². The number of amides is 2. The van der Waals surface area contributed by atoms with Gasteiger partial charge in [-0.3, -0.25) is 14.5 Å². The zero-order chi connectivity index (χ0) is 24.2. The van der Waals surface area contributed by atoms with Crippen LogP contribution in [0.25, 0.3) is 0 Å². The maximum Gasteiger partial charge on any atom is 0.414 e. The van der Waals surface area contributed by atoms with Crippen molar-refractivity contribution in [2.75, 3.05) is 37.4 Å². The summed E-state index contributed by atoms with van der Waals surface area (Å²) in [7, 11) is 1.56. The quantitative estimate of drug-likeness (QED) is 0.484. The second kappa shape index (κ2) is 12.8. The van der Waals surface area contributed by atoms with Crippen LogP contribution in [0.15, 0.2) is 48.5 Å². The standard InChI is InChI=1S/C21H25N3O3.C2H2O4/c1-27-19-8-4-3-7-18(19)23-21(26)16-9-11-17(12-10-16)22-20(25)15-24-13-5-2-6-14-24;3-1(4)2(5)6/h3-4,7-12H,2,5-6,13-15H2,1H3,(H,22,25)(H,23,26);(H,3,4)(H,5,6). The molecule has 2 amide bonds. The Morgan fingerprint density at radius 2 is 1.48 bits per heavy atom. The normalized spacial score (nSPS) is 13.1. The molecule has 0 unspecified atom stereocenters. The van der Waals surface area contributed by atoms with Crippen molar-refractivity contribution in [2.24, 2.45) is 0 Å². The number of likely N-dealkylation sites (tertiary alicyclic amines) is 1. The van der Waals surface area contributed by atoms with E-state index in [1.54, 1.807) is 43.5 Å². The number of hydrogen-bond acceptors (Lipinski definition) is 6. The number of rotatable bonds is 6. The van der Waals surface area contributed by atoms with Crippen molar-refractivity contribution < 1.29 is 34.1 Å². The number of carboxylic acids is 2. The molecule has 3 rings (SSSR count). The second-order valence-corrected chi connectivity index (χ2v) is 7.23. The molecule has 1 aliphatic heterocycles. The van der Waals surface area contributed by atoms with E-state index in [9.17, 15) is 9.59 Å². The highest BCUT2D eigenvalue weighted by Gasteiger charge is 2.14. The SMILES string of the molecule is COc1ccccc1NC(=O)c1ccc(NC(=O)CN2CCCCC2)cc1.O=C(O)C(=O)O. The molecule has 0 radical (unpaired) electrons. The average Bonchev–Trinajstić information content (AvgIpc) is 2.80. The van der Waals surface area contributed by atoms with Gasteiger partial charge in [-0.25, -0.2) is 9.59 Å². The molecule has 0 aliphatic carbocycles. The Kier molecular flexibility index (Phi) is 9.84. The van der Waals surface area contributed by atoms with Crippen LogP contribution < -0.4 is 15.4 Å². The predicted molar refractivity (Wildman–Crippen MR) is 122 cm³/mol. The molecule has 176 valence electrons. The van der Waals surface area contributed by atoms with E-state index in [2.05, 4.69) is 15.5 Å². The van der Waals surface area contributed by atoms with Crippen molar-refractivity contribution >= 4 is 35.1 Å². The van der Waals surface area contributed by atoms with Gasteiger partial charge in [0.2, 0.25) is 5.91 Å². The van der Waals surface area contributed by atoms with Crippen LogP contribution in [0.3, 0.4) is 0 Å². The van der Waals surface area contributed by atoms with Crippen LogP contribution in [0, 0.1) is 0 Å². The van der Waals surface area contributed by atoms with Gasteiger partial charge in [0.15, 0.2) is 0 Å². The minimum absolute atomic E-state index is 0.0249. The van der Waals surface area contributed by atoms with Crippen molar-refractivity contribution in [1.29, 1.82) is 0 Å². The molecule has 1 fully saturated rings. The molecule has 1 heterocycles. The lowest BCUT2D eigenvalue weighted by Crippen LogP contribution is -2.36. The number of benzene rings is 2. The first-order valence-corrected chi connectivity index (χ1v) is 10.3. The van der Waals surface area contributed by atoms with Crippen LogP contribution in [-0.2, 0) is 14.4 Å². The van der Waals surface area contributed by atoms with Gasteiger partial charge in [0.05, 0.1) is 19.3 Å². The van der Waals surface area contributed by atoms with Crippen LogP contribution in [0.5, 0.6) is 5.75 Å². The number of aliphatic carboxylic acids is 2. The van der Waals surface area contributed by atoms with Gasteiger partial charge in [0.1, 0.15) is 5.75 Å². The molecule has 0 saturated carbocycles. The molecule has 0 atom stereocenters. The largest absolute Gasteiger partial charge is 0.495 e. The minimum Gasteiger partial charge on any atom is -0.495 e. The first-order chi connectivity index (χ1) is 15.8. The van der Waals surface area contributed by atoms with Crippen LogP contribution >= 0.6 is 0 Å². The Morgan fingerprint density at radius 3 is 2.06 bits per heavy atom. The van der Waals surface area contributed by atoms with E-state index in [4.69, 9.17) is 24.5 Å². The lowest BCUT2D eigenvalue weighted by Gasteiger charge is -2.25. The van der Waals surface area contributed by atoms with Crippen molar-refractivity contribution in [2.45, 2.75) is 19.3 Å². The van der Waals surface area contributed by atoms with E-state index in [0.717, 1.165) is 25.9 Å². The number of hydrogen-bond donors (Lipinski definition) is 4. The number of para-hydroxylation sites is 2. The summed E-state index contributed by atoms with van der Waals surface area (Å²) in [6.07, 6.45) is 3.56. The van der Waals surface area contributed by atoms with Crippen LogP contribution in [0.2, 0.25) is 0 Å². The topological polar surface area (TPSA) is 145 Å². The summed E-state index contributed by atoms with van der Waals surface area (Å²) in [5.74, 6) is -3.30. The van der Waals surface area contributed by atoms with Gasteiger partial charge in [-0.2, -0.15) is 0 Å². The molecule has 10 nitrogen and oxygen atoms in total. The van der Waals surface area contributed by atoms with Crippen molar-refractivity contribution in [3.05, 3.63) is 54.1 Å². The van der Waals surface area contributed by atoms with Gasteiger partial charge in [-0.1, -0.05) is 18.6 Å². The summed E-state index contributed by atoms with van der Waals surface area (Å²) in [5.41, 5.74) is 1.81. The van der Waals surface area contributed by atoms with E-state index < -0.39 is 11.9 Å². The van der Waals surface area contributed by atoms with Crippen molar-refractivity contribution in [1.82, 2.24) is 4.90 Å². The van der Waals surface area contributed by atoms with E-state index in [1.165, 1.54) is 6.42 Å². The number of carbonyl (C=O) groups excluding carboxylic acids is 2. The molecular weight excluding hydrogens is 430 g/mol. The lowest BCUT2D eigenvalue weighted by atomic mass is 10.1. The van der Waals surface area contributed by atoms with E-state index in [-0.39, 0.29) is 11.8 Å². The van der Waals surface area contributed by atoms with Crippen LogP contribution in [-0.4, -0.2) is 65.6 Å². The number of methoxy groups -OCH3 is 1. The second-order valence-electron chi connectivity index (χ2n) is 7.23. The van der Waals surface area contributed by atoms with Crippen LogP contribution in [0.1, 0.15) is 29.6 Å². The first kappa shape index (κ1) is 25.3. The molecule has 0 spiro atoms. The highest BCUT2D eigenvalue weighted by atomic mass is 16.5. The zero-order valence-corrected chi connectivity index (χ0v) is 18.2. The predicted octanol–water partition coefficient (Wildman–Crippen LogP) is 2.53. The fourth-order valence-electron chi connectivity index (χ4n) is 3.17. The molecule has 0 bridgehead atoms. The average molecular weight is 457 g/mol. The number of carboxylic acid groups (broad SMARTS) is 2. The summed E-state index contributed by atoms with van der Waals surface area (Å²) >= 11 is 0. The molecule has 33 heavy (non-hydrogen) atoms. The Labute approximate surface area is 191 Å². The molecule has 1 aliphatic rings. The number of nitrogens with zero attached hydrogens (tertiary/aromatic N) is 1. The van der Waals surface area contributed by atoms with Gasteiger partial charge in [0, 0.05) is 11.3 Å². The third kappa shape index (κ3) is 8.62. The zero-order valence-electron chi connectivity index (χ0n) is 18.2. The molecule has 10 heteroatoms. The maximum absolute atomic E-state index is 12.4. The van der Waals surface area contributed by atoms with E-state index in [1.807, 2.05) is 12.1 Å². The third-order valence-electron chi connectivity index (χ3n) is 4.78. The number of anilines is 2.